The monoisotopic (exact) mass is 453 g/mol. The summed E-state index contributed by atoms with van der Waals surface area (Å²) in [4.78, 5) is 12.0. The molecular weight excluding hydrogens is 441 g/mol. The zero-order chi connectivity index (χ0) is 18.3. The molecule has 2 heterocycles. The van der Waals surface area contributed by atoms with Crippen molar-refractivity contribution in [2.45, 2.75) is 24.4 Å². The number of carbonyl (C=O) groups is 1. The molecule has 0 bridgehead atoms. The summed E-state index contributed by atoms with van der Waals surface area (Å²) in [6.45, 7) is 0. The molecule has 0 saturated carbocycles. The summed E-state index contributed by atoms with van der Waals surface area (Å²) in [5.41, 5.74) is 3.32. The van der Waals surface area contributed by atoms with Gasteiger partial charge in [-0.05, 0) is 64.0 Å². The zero-order valence-electron chi connectivity index (χ0n) is 13.4. The quantitative estimate of drug-likeness (QED) is 0.573. The van der Waals surface area contributed by atoms with Crippen LogP contribution in [0.2, 0.25) is 0 Å². The molecule has 0 spiro atoms. The highest BCUT2D eigenvalue weighted by Crippen LogP contribution is 2.45. The number of rotatable bonds is 5. The van der Waals surface area contributed by atoms with E-state index in [2.05, 4.69) is 26.1 Å². The maximum Gasteiger partial charge on any atom is 0.313 e. The van der Waals surface area contributed by atoms with Gasteiger partial charge in [-0.1, -0.05) is 23.9 Å². The van der Waals surface area contributed by atoms with Gasteiger partial charge in [0.05, 0.1) is 5.75 Å². The number of nitrogens with zero attached hydrogens (tertiary/aromatic N) is 3. The summed E-state index contributed by atoms with van der Waals surface area (Å²) in [5.74, 6) is -1.25. The van der Waals surface area contributed by atoms with E-state index in [0.717, 1.165) is 46.5 Å². The first-order valence-electron chi connectivity index (χ1n) is 7.91. The molecule has 3 aromatic rings. The average molecular weight is 454 g/mol. The number of carboxylic acid groups (broad SMARTS) is 1. The lowest BCUT2D eigenvalue weighted by molar-refractivity contribution is -0.133. The summed E-state index contributed by atoms with van der Waals surface area (Å²) in [6, 6.07) is 6.62. The molecule has 26 heavy (non-hydrogen) atoms. The number of carboxylic acids is 1. The topological polar surface area (TPSA) is 68.0 Å². The number of halogens is 2. The lowest BCUT2D eigenvalue weighted by Crippen LogP contribution is -2.02. The summed E-state index contributed by atoms with van der Waals surface area (Å²) >= 11 is 6.12. The van der Waals surface area contributed by atoms with Crippen molar-refractivity contribution >= 4 is 45.0 Å². The van der Waals surface area contributed by atoms with Crippen LogP contribution in [0.3, 0.4) is 0 Å². The van der Waals surface area contributed by atoms with Crippen LogP contribution in [0.1, 0.15) is 17.5 Å². The van der Waals surface area contributed by atoms with Gasteiger partial charge >= 0.3 is 5.97 Å². The Morgan fingerprint density at radius 3 is 2.92 bits per heavy atom. The van der Waals surface area contributed by atoms with Gasteiger partial charge in [0, 0.05) is 4.88 Å². The third kappa shape index (κ3) is 3.19. The van der Waals surface area contributed by atoms with Crippen LogP contribution < -0.4 is 0 Å². The molecule has 134 valence electrons. The lowest BCUT2D eigenvalue weighted by atomic mass is 10.1. The Balaban J connectivity index is 1.83. The van der Waals surface area contributed by atoms with Gasteiger partial charge in [-0.2, -0.15) is 0 Å². The number of thiophene rings is 1. The molecule has 1 aliphatic carbocycles. The molecule has 0 atom stereocenters. The van der Waals surface area contributed by atoms with Gasteiger partial charge in [0.15, 0.2) is 5.16 Å². The number of fused-ring (bicyclic) bond motifs is 1. The molecule has 1 aliphatic rings. The fourth-order valence-corrected chi connectivity index (χ4v) is 5.91. The second-order valence-corrected chi connectivity index (χ2v) is 8.48. The van der Waals surface area contributed by atoms with Gasteiger partial charge < -0.3 is 5.11 Å². The van der Waals surface area contributed by atoms with Gasteiger partial charge in [0.1, 0.15) is 10.8 Å². The minimum atomic E-state index is -0.905. The minimum absolute atomic E-state index is 0.0878. The lowest BCUT2D eigenvalue weighted by Gasteiger charge is -2.06. The fraction of sp³-hybridized carbons (Fsp3) is 0.235. The number of hydrogen-bond acceptors (Lipinski definition) is 5. The van der Waals surface area contributed by atoms with Crippen LogP contribution in [0.5, 0.6) is 0 Å². The second-order valence-electron chi connectivity index (χ2n) is 5.83. The van der Waals surface area contributed by atoms with E-state index in [-0.39, 0.29) is 11.6 Å². The summed E-state index contributed by atoms with van der Waals surface area (Å²) < 4.78 is 16.1. The molecule has 0 aliphatic heterocycles. The van der Waals surface area contributed by atoms with Crippen molar-refractivity contribution in [3.05, 3.63) is 45.9 Å². The SMILES string of the molecule is O=C(O)CSc1nnc(Br)n1-c1sc(-c2cccc(F)c2)c2c1CCC2. The number of hydrogen-bond donors (Lipinski definition) is 1. The summed E-state index contributed by atoms with van der Waals surface area (Å²) in [6.07, 6.45) is 2.93. The predicted octanol–water partition coefficient (Wildman–Crippen LogP) is 4.56. The zero-order valence-corrected chi connectivity index (χ0v) is 16.6. The Labute approximate surface area is 165 Å². The van der Waals surface area contributed by atoms with Crippen LogP contribution in [0, 0.1) is 5.82 Å². The van der Waals surface area contributed by atoms with E-state index in [9.17, 15) is 9.18 Å². The third-order valence-corrected chi connectivity index (χ3v) is 6.89. The molecule has 5 nitrogen and oxygen atoms in total. The van der Waals surface area contributed by atoms with Crippen LogP contribution in [0.25, 0.3) is 15.4 Å². The Morgan fingerprint density at radius 2 is 2.15 bits per heavy atom. The first-order valence-corrected chi connectivity index (χ1v) is 10.5. The minimum Gasteiger partial charge on any atom is -0.481 e. The summed E-state index contributed by atoms with van der Waals surface area (Å²) in [5, 5.41) is 18.6. The van der Waals surface area contributed by atoms with Crippen LogP contribution in [0.15, 0.2) is 34.2 Å². The van der Waals surface area contributed by atoms with Gasteiger partial charge in [-0.15, -0.1) is 21.5 Å². The molecule has 1 aromatic carbocycles. The normalized spacial score (nSPS) is 13.2. The maximum absolute atomic E-state index is 13.7. The molecule has 9 heteroatoms. The molecule has 2 aromatic heterocycles. The van der Waals surface area contributed by atoms with Crippen molar-refractivity contribution in [1.29, 1.82) is 0 Å². The van der Waals surface area contributed by atoms with E-state index >= 15 is 0 Å². The van der Waals surface area contributed by atoms with E-state index < -0.39 is 5.97 Å². The molecule has 4 rings (SSSR count). The van der Waals surface area contributed by atoms with Gasteiger partial charge in [0.2, 0.25) is 4.73 Å². The number of thioether (sulfide) groups is 1. The number of aromatic nitrogens is 3. The Hall–Kier alpha value is -1.71. The van der Waals surface area contributed by atoms with Crippen molar-refractivity contribution in [1.82, 2.24) is 14.8 Å². The molecule has 0 amide bonds. The van der Waals surface area contributed by atoms with E-state index in [0.29, 0.717) is 9.89 Å². The number of benzene rings is 1. The van der Waals surface area contributed by atoms with Crippen molar-refractivity contribution in [2.24, 2.45) is 0 Å². The van der Waals surface area contributed by atoms with Gasteiger partial charge in [0.25, 0.3) is 0 Å². The Bertz CT molecular complexity index is 1000. The highest BCUT2D eigenvalue weighted by Gasteiger charge is 2.27. The fourth-order valence-electron chi connectivity index (χ4n) is 3.14. The average Bonchev–Trinajstić information content (AvgIpc) is 3.28. The smallest absolute Gasteiger partial charge is 0.313 e. The molecule has 0 fully saturated rings. The highest BCUT2D eigenvalue weighted by atomic mass is 79.9. The molecule has 0 radical (unpaired) electrons. The second kappa shape index (κ2) is 7.13. The molecule has 1 N–H and O–H groups in total. The molecule has 0 unspecified atom stereocenters. The standard InChI is InChI=1S/C17H13BrFN3O2S2/c18-16-20-21-17(25-8-13(23)24)22(16)15-12-6-2-5-11(12)14(26-15)9-3-1-4-10(19)7-9/h1,3-4,7H,2,5-6,8H2,(H,23,24). The van der Waals surface area contributed by atoms with Gasteiger partial charge in [-0.3, -0.25) is 9.36 Å². The molecular formula is C17H13BrFN3O2S2. The van der Waals surface area contributed by atoms with E-state index in [1.807, 2.05) is 10.6 Å². The van der Waals surface area contributed by atoms with Crippen LogP contribution in [-0.4, -0.2) is 31.6 Å². The van der Waals surface area contributed by atoms with E-state index in [1.54, 1.807) is 23.5 Å². The maximum atomic E-state index is 13.7. The highest BCUT2D eigenvalue weighted by molar-refractivity contribution is 9.10. The first kappa shape index (κ1) is 17.7. The largest absolute Gasteiger partial charge is 0.481 e. The molecule has 0 saturated heterocycles. The van der Waals surface area contributed by atoms with Gasteiger partial charge in [-0.25, -0.2) is 4.39 Å². The van der Waals surface area contributed by atoms with Crippen LogP contribution >= 0.6 is 39.0 Å². The van der Waals surface area contributed by atoms with E-state index in [4.69, 9.17) is 5.11 Å². The Kier molecular flexibility index (Phi) is 4.85. The van der Waals surface area contributed by atoms with E-state index in [1.165, 1.54) is 17.2 Å². The van der Waals surface area contributed by atoms with Crippen molar-refractivity contribution in [2.75, 3.05) is 5.75 Å². The van der Waals surface area contributed by atoms with Crippen molar-refractivity contribution in [3.8, 4) is 15.4 Å². The predicted molar refractivity (Wildman–Crippen MR) is 103 cm³/mol. The number of aliphatic carboxylic acids is 1. The summed E-state index contributed by atoms with van der Waals surface area (Å²) in [7, 11) is 0. The van der Waals surface area contributed by atoms with Crippen molar-refractivity contribution < 1.29 is 14.3 Å². The van der Waals surface area contributed by atoms with Crippen LogP contribution in [-0.2, 0) is 17.6 Å². The Morgan fingerprint density at radius 1 is 1.35 bits per heavy atom. The van der Waals surface area contributed by atoms with Crippen molar-refractivity contribution in [3.63, 3.8) is 0 Å². The third-order valence-electron chi connectivity index (χ3n) is 4.16. The first-order chi connectivity index (χ1) is 12.5. The van der Waals surface area contributed by atoms with Crippen LogP contribution in [0.4, 0.5) is 4.39 Å².